The van der Waals surface area contributed by atoms with Gasteiger partial charge in [0.1, 0.15) is 5.75 Å². The van der Waals surface area contributed by atoms with E-state index in [-0.39, 0.29) is 0 Å². The first-order chi connectivity index (χ1) is 8.70. The van der Waals surface area contributed by atoms with Gasteiger partial charge in [-0.05, 0) is 44.9 Å². The number of hydrogen-bond donors (Lipinski definition) is 1. The minimum absolute atomic E-state index is 0.509. The summed E-state index contributed by atoms with van der Waals surface area (Å²) in [5.74, 6) is 1.62. The fraction of sp³-hybridized carbons (Fsp3) is 0.500. The largest absolute Gasteiger partial charge is 0.493 e. The molecule has 0 fully saturated rings. The van der Waals surface area contributed by atoms with E-state index in [1.807, 2.05) is 13.1 Å². The molecule has 18 heavy (non-hydrogen) atoms. The van der Waals surface area contributed by atoms with Gasteiger partial charge >= 0.3 is 0 Å². The maximum Gasteiger partial charge on any atom is 0.122 e. The fourth-order valence-electron chi connectivity index (χ4n) is 2.63. The van der Waals surface area contributed by atoms with Gasteiger partial charge in [-0.25, -0.2) is 0 Å². The van der Waals surface area contributed by atoms with Crippen molar-refractivity contribution in [3.63, 3.8) is 0 Å². The van der Waals surface area contributed by atoms with Crippen LogP contribution in [0, 0.1) is 5.92 Å². The van der Waals surface area contributed by atoms with Gasteiger partial charge in [-0.2, -0.15) is 0 Å². The molecule has 0 spiro atoms. The van der Waals surface area contributed by atoms with E-state index in [0.717, 1.165) is 31.6 Å². The van der Waals surface area contributed by atoms with E-state index in [1.165, 1.54) is 11.1 Å². The zero-order chi connectivity index (χ0) is 13.0. The third kappa shape index (κ3) is 3.14. The summed E-state index contributed by atoms with van der Waals surface area (Å²) in [4.78, 5) is 0. The lowest BCUT2D eigenvalue weighted by Crippen LogP contribution is -2.39. The summed E-state index contributed by atoms with van der Waals surface area (Å²) in [6.45, 7) is 6.90. The molecule has 2 unspecified atom stereocenters. The van der Waals surface area contributed by atoms with E-state index in [2.05, 4.69) is 37.0 Å². The molecule has 1 N–H and O–H groups in total. The van der Waals surface area contributed by atoms with Crippen molar-refractivity contribution in [1.82, 2.24) is 5.32 Å². The highest BCUT2D eigenvalue weighted by Crippen LogP contribution is 2.29. The maximum absolute atomic E-state index is 5.86. The average molecular weight is 245 g/mol. The van der Waals surface area contributed by atoms with Crippen molar-refractivity contribution >= 4 is 0 Å². The number of ether oxygens (including phenoxy) is 1. The van der Waals surface area contributed by atoms with Gasteiger partial charge in [-0.1, -0.05) is 23.8 Å². The Morgan fingerprint density at radius 2 is 2.28 bits per heavy atom. The zero-order valence-corrected chi connectivity index (χ0v) is 11.4. The Morgan fingerprint density at radius 1 is 1.50 bits per heavy atom. The van der Waals surface area contributed by atoms with Gasteiger partial charge in [0.2, 0.25) is 0 Å². The van der Waals surface area contributed by atoms with Crippen molar-refractivity contribution in [2.75, 3.05) is 13.7 Å². The van der Waals surface area contributed by atoms with Crippen molar-refractivity contribution in [1.29, 1.82) is 0 Å². The summed E-state index contributed by atoms with van der Waals surface area (Å²) >= 11 is 0. The van der Waals surface area contributed by atoms with Crippen LogP contribution in [-0.4, -0.2) is 19.7 Å². The van der Waals surface area contributed by atoms with Gasteiger partial charge in [0.15, 0.2) is 0 Å². The summed E-state index contributed by atoms with van der Waals surface area (Å²) in [7, 11) is 2.05. The van der Waals surface area contributed by atoms with Crippen LogP contribution in [0.4, 0.5) is 0 Å². The van der Waals surface area contributed by atoms with Gasteiger partial charge in [-0.15, -0.1) is 6.58 Å². The summed E-state index contributed by atoms with van der Waals surface area (Å²) < 4.78 is 5.86. The normalized spacial score (nSPS) is 19.8. The molecule has 2 heteroatoms. The molecule has 98 valence electrons. The van der Waals surface area contributed by atoms with Gasteiger partial charge in [-0.3, -0.25) is 0 Å². The fourth-order valence-corrected chi connectivity index (χ4v) is 2.63. The Balaban J connectivity index is 2.00. The number of benzene rings is 1. The molecule has 0 saturated heterocycles. The molecule has 0 bridgehead atoms. The van der Waals surface area contributed by atoms with Crippen LogP contribution in [0.3, 0.4) is 0 Å². The minimum atomic E-state index is 0.509. The quantitative estimate of drug-likeness (QED) is 0.804. The molecule has 0 saturated carbocycles. The first-order valence-electron chi connectivity index (χ1n) is 6.73. The third-order valence-corrected chi connectivity index (χ3v) is 3.73. The molecular weight excluding hydrogens is 222 g/mol. The molecule has 0 aliphatic carbocycles. The molecule has 2 rings (SSSR count). The minimum Gasteiger partial charge on any atom is -0.493 e. The van der Waals surface area contributed by atoms with Crippen molar-refractivity contribution < 1.29 is 4.74 Å². The van der Waals surface area contributed by atoms with Crippen molar-refractivity contribution in [3.05, 3.63) is 42.0 Å². The molecule has 2 atom stereocenters. The molecule has 0 radical (unpaired) electrons. The first-order valence-corrected chi connectivity index (χ1v) is 6.73. The van der Waals surface area contributed by atoms with E-state index in [0.29, 0.717) is 12.0 Å². The summed E-state index contributed by atoms with van der Waals surface area (Å²) in [5, 5.41) is 3.44. The van der Waals surface area contributed by atoms with E-state index in [1.54, 1.807) is 0 Å². The molecule has 0 aromatic heterocycles. The highest BCUT2D eigenvalue weighted by atomic mass is 16.5. The number of allylic oxidation sites excluding steroid dienone is 1. The van der Waals surface area contributed by atoms with Crippen LogP contribution in [-0.2, 0) is 6.42 Å². The Kier molecular flexibility index (Phi) is 4.43. The second-order valence-corrected chi connectivity index (χ2v) is 5.27. The highest BCUT2D eigenvalue weighted by molar-refractivity contribution is 5.35. The van der Waals surface area contributed by atoms with Gasteiger partial charge in [0.05, 0.1) is 6.61 Å². The molecule has 0 amide bonds. The number of rotatable bonds is 5. The maximum atomic E-state index is 5.86. The highest BCUT2D eigenvalue weighted by Gasteiger charge is 2.25. The number of para-hydroxylation sites is 1. The van der Waals surface area contributed by atoms with E-state index < -0.39 is 0 Å². The molecular formula is C16H23NO. The second-order valence-electron chi connectivity index (χ2n) is 5.27. The lowest BCUT2D eigenvalue weighted by molar-refractivity contribution is 0.183. The second kappa shape index (κ2) is 6.05. The van der Waals surface area contributed by atoms with Crippen LogP contribution in [0.2, 0.25) is 0 Å². The molecule has 2 nitrogen and oxygen atoms in total. The SMILES string of the molecule is C=C(C)CCC(NC)C1COc2ccccc2C1. The molecule has 1 aliphatic rings. The van der Waals surface area contributed by atoms with Crippen molar-refractivity contribution in [2.24, 2.45) is 5.92 Å². The number of nitrogens with one attached hydrogen (secondary N) is 1. The Morgan fingerprint density at radius 3 is 3.00 bits per heavy atom. The van der Waals surface area contributed by atoms with Crippen LogP contribution in [0.1, 0.15) is 25.3 Å². The molecule has 1 aromatic carbocycles. The smallest absolute Gasteiger partial charge is 0.122 e. The number of hydrogen-bond acceptors (Lipinski definition) is 2. The predicted molar refractivity (Wildman–Crippen MR) is 76.0 cm³/mol. The average Bonchev–Trinajstić information content (AvgIpc) is 2.39. The zero-order valence-electron chi connectivity index (χ0n) is 11.4. The predicted octanol–water partition coefficient (Wildman–Crippen LogP) is 3.18. The van der Waals surface area contributed by atoms with Crippen LogP contribution in [0.5, 0.6) is 5.75 Å². The lowest BCUT2D eigenvalue weighted by atomic mass is 9.87. The Bertz CT molecular complexity index is 413. The van der Waals surface area contributed by atoms with Gasteiger partial charge in [0.25, 0.3) is 0 Å². The van der Waals surface area contributed by atoms with Gasteiger partial charge in [0, 0.05) is 12.0 Å². The van der Waals surface area contributed by atoms with Crippen molar-refractivity contribution in [3.8, 4) is 5.75 Å². The first kappa shape index (κ1) is 13.2. The summed E-state index contributed by atoms with van der Waals surface area (Å²) in [6.07, 6.45) is 3.34. The van der Waals surface area contributed by atoms with Crippen molar-refractivity contribution in [2.45, 2.75) is 32.2 Å². The van der Waals surface area contributed by atoms with Crippen LogP contribution < -0.4 is 10.1 Å². The van der Waals surface area contributed by atoms with Crippen LogP contribution >= 0.6 is 0 Å². The van der Waals surface area contributed by atoms with Crippen LogP contribution in [0.25, 0.3) is 0 Å². The monoisotopic (exact) mass is 245 g/mol. The number of fused-ring (bicyclic) bond motifs is 1. The molecule has 1 aliphatic heterocycles. The van der Waals surface area contributed by atoms with E-state index in [4.69, 9.17) is 4.74 Å². The van der Waals surface area contributed by atoms with Gasteiger partial charge < -0.3 is 10.1 Å². The summed E-state index contributed by atoms with van der Waals surface area (Å²) in [5.41, 5.74) is 2.59. The van der Waals surface area contributed by atoms with E-state index in [9.17, 15) is 0 Å². The summed E-state index contributed by atoms with van der Waals surface area (Å²) in [6, 6.07) is 8.87. The van der Waals surface area contributed by atoms with E-state index >= 15 is 0 Å². The topological polar surface area (TPSA) is 21.3 Å². The Hall–Kier alpha value is -1.28. The Labute approximate surface area is 110 Å². The standard InChI is InChI=1S/C16H23NO/c1-12(2)8-9-15(17-3)14-10-13-6-4-5-7-16(13)18-11-14/h4-7,14-15,17H,1,8-11H2,2-3H3. The van der Waals surface area contributed by atoms with Crippen LogP contribution in [0.15, 0.2) is 36.4 Å². The lowest BCUT2D eigenvalue weighted by Gasteiger charge is -2.31. The molecule has 1 aromatic rings. The molecule has 1 heterocycles. The third-order valence-electron chi connectivity index (χ3n) is 3.73.